The second-order valence-corrected chi connectivity index (χ2v) is 5.18. The van der Waals surface area contributed by atoms with E-state index in [2.05, 4.69) is 9.98 Å². The van der Waals surface area contributed by atoms with Gasteiger partial charge in [0.1, 0.15) is 17.2 Å². The predicted molar refractivity (Wildman–Crippen MR) is 78.3 cm³/mol. The van der Waals surface area contributed by atoms with Gasteiger partial charge in [0.2, 0.25) is 0 Å². The molecule has 0 unspecified atom stereocenters. The first kappa shape index (κ1) is 12.7. The molecule has 0 saturated carbocycles. The topological polar surface area (TPSA) is 91.7 Å². The summed E-state index contributed by atoms with van der Waals surface area (Å²) < 4.78 is 11.0. The van der Waals surface area contributed by atoms with E-state index in [1.807, 2.05) is 6.92 Å². The number of aromatic amines is 1. The van der Waals surface area contributed by atoms with Crippen molar-refractivity contribution in [2.24, 2.45) is 4.99 Å². The summed E-state index contributed by atoms with van der Waals surface area (Å²) in [6.45, 7) is 3.61. The smallest absolute Gasteiger partial charge is 0.280 e. The second kappa shape index (κ2) is 4.24. The SMILES string of the molecule is Cc1ccc(C2=NC(=O)c3c(-c4ccc(C)o4)[nH]c(O)c32)o1. The summed E-state index contributed by atoms with van der Waals surface area (Å²) in [6.07, 6.45) is 0. The van der Waals surface area contributed by atoms with Gasteiger partial charge < -0.3 is 18.9 Å². The molecule has 0 saturated heterocycles. The second-order valence-electron chi connectivity index (χ2n) is 5.18. The minimum absolute atomic E-state index is 0.127. The van der Waals surface area contributed by atoms with Gasteiger partial charge in [0.05, 0.1) is 16.8 Å². The molecule has 0 radical (unpaired) electrons. The molecule has 3 aromatic rings. The average molecular weight is 296 g/mol. The zero-order chi connectivity index (χ0) is 15.4. The van der Waals surface area contributed by atoms with Gasteiger partial charge in [-0.15, -0.1) is 0 Å². The lowest BCUT2D eigenvalue weighted by Crippen LogP contribution is -1.97. The Morgan fingerprint density at radius 3 is 2.23 bits per heavy atom. The fourth-order valence-corrected chi connectivity index (χ4v) is 2.64. The summed E-state index contributed by atoms with van der Waals surface area (Å²) in [6, 6.07) is 7.03. The van der Waals surface area contributed by atoms with E-state index in [-0.39, 0.29) is 5.88 Å². The Labute approximate surface area is 125 Å². The molecule has 0 aliphatic carbocycles. The van der Waals surface area contributed by atoms with Crippen LogP contribution in [0.5, 0.6) is 5.88 Å². The maximum Gasteiger partial charge on any atom is 0.280 e. The van der Waals surface area contributed by atoms with E-state index < -0.39 is 5.91 Å². The van der Waals surface area contributed by atoms with Crippen LogP contribution in [0.4, 0.5) is 0 Å². The van der Waals surface area contributed by atoms with Gasteiger partial charge >= 0.3 is 0 Å². The molecular weight excluding hydrogens is 284 g/mol. The third-order valence-electron chi connectivity index (χ3n) is 3.60. The van der Waals surface area contributed by atoms with Crippen LogP contribution in [0.2, 0.25) is 0 Å². The van der Waals surface area contributed by atoms with E-state index in [0.717, 1.165) is 0 Å². The molecule has 0 spiro atoms. The van der Waals surface area contributed by atoms with Crippen molar-refractivity contribution in [1.29, 1.82) is 0 Å². The molecule has 22 heavy (non-hydrogen) atoms. The van der Waals surface area contributed by atoms with Crippen molar-refractivity contribution in [2.75, 3.05) is 0 Å². The summed E-state index contributed by atoms with van der Waals surface area (Å²) in [5.41, 5.74) is 1.41. The Morgan fingerprint density at radius 2 is 1.64 bits per heavy atom. The fraction of sp³-hybridized carbons (Fsp3) is 0.125. The van der Waals surface area contributed by atoms with Crippen LogP contribution in [-0.4, -0.2) is 21.7 Å². The Hall–Kier alpha value is -3.02. The minimum Gasteiger partial charge on any atom is -0.494 e. The van der Waals surface area contributed by atoms with Crippen LogP contribution in [0.15, 0.2) is 38.1 Å². The summed E-state index contributed by atoms with van der Waals surface area (Å²) in [4.78, 5) is 19.1. The Bertz CT molecular complexity index is 939. The summed E-state index contributed by atoms with van der Waals surface area (Å²) >= 11 is 0. The lowest BCUT2D eigenvalue weighted by Gasteiger charge is -1.96. The number of rotatable bonds is 2. The monoisotopic (exact) mass is 296 g/mol. The lowest BCUT2D eigenvalue weighted by molar-refractivity contribution is 0.101. The molecule has 4 heterocycles. The van der Waals surface area contributed by atoms with Gasteiger partial charge in [-0.3, -0.25) is 4.79 Å². The van der Waals surface area contributed by atoms with Gasteiger partial charge in [0, 0.05) is 0 Å². The molecule has 3 aromatic heterocycles. The molecule has 2 N–H and O–H groups in total. The first-order chi connectivity index (χ1) is 10.5. The molecule has 0 aromatic carbocycles. The van der Waals surface area contributed by atoms with Crippen molar-refractivity contribution in [1.82, 2.24) is 4.98 Å². The van der Waals surface area contributed by atoms with Crippen molar-refractivity contribution >= 4 is 11.6 Å². The number of fused-ring (bicyclic) bond motifs is 1. The number of aromatic nitrogens is 1. The third kappa shape index (κ3) is 1.67. The van der Waals surface area contributed by atoms with Gasteiger partial charge in [0.15, 0.2) is 17.4 Å². The Balaban J connectivity index is 1.91. The lowest BCUT2D eigenvalue weighted by atomic mass is 10.1. The van der Waals surface area contributed by atoms with Crippen molar-refractivity contribution < 1.29 is 18.7 Å². The van der Waals surface area contributed by atoms with Gasteiger partial charge in [-0.05, 0) is 38.1 Å². The molecule has 1 aliphatic heterocycles. The number of H-pyrrole nitrogens is 1. The van der Waals surface area contributed by atoms with E-state index in [0.29, 0.717) is 45.6 Å². The number of furan rings is 2. The van der Waals surface area contributed by atoms with Crippen LogP contribution in [0.1, 0.15) is 33.2 Å². The highest BCUT2D eigenvalue weighted by atomic mass is 16.3. The number of carbonyl (C=O) groups excluding carboxylic acids is 1. The van der Waals surface area contributed by atoms with E-state index in [9.17, 15) is 9.90 Å². The zero-order valence-corrected chi connectivity index (χ0v) is 11.9. The highest BCUT2D eigenvalue weighted by molar-refractivity contribution is 6.29. The first-order valence-electron chi connectivity index (χ1n) is 6.76. The molecule has 0 bridgehead atoms. The number of aromatic hydroxyl groups is 1. The van der Waals surface area contributed by atoms with E-state index in [1.54, 1.807) is 31.2 Å². The van der Waals surface area contributed by atoms with Gasteiger partial charge in [0.25, 0.3) is 5.91 Å². The maximum absolute atomic E-state index is 12.3. The minimum atomic E-state index is -0.431. The normalized spacial score (nSPS) is 13.5. The molecule has 1 aliphatic rings. The van der Waals surface area contributed by atoms with Crippen molar-refractivity contribution in [3.63, 3.8) is 0 Å². The van der Waals surface area contributed by atoms with Gasteiger partial charge in [-0.2, -0.15) is 0 Å². The largest absolute Gasteiger partial charge is 0.494 e. The number of aliphatic imine (C=N–C) groups is 1. The first-order valence-corrected chi connectivity index (χ1v) is 6.76. The van der Waals surface area contributed by atoms with Crippen LogP contribution in [0.25, 0.3) is 11.5 Å². The highest BCUT2D eigenvalue weighted by Crippen LogP contribution is 2.38. The number of nitrogens with zero attached hydrogens (tertiary/aromatic N) is 1. The van der Waals surface area contributed by atoms with Crippen molar-refractivity contribution in [2.45, 2.75) is 13.8 Å². The van der Waals surface area contributed by atoms with Crippen LogP contribution >= 0.6 is 0 Å². The zero-order valence-electron chi connectivity index (χ0n) is 11.9. The molecule has 4 rings (SSSR count). The van der Waals surface area contributed by atoms with Crippen LogP contribution in [0, 0.1) is 13.8 Å². The average Bonchev–Trinajstić information content (AvgIpc) is 3.19. The summed E-state index contributed by atoms with van der Waals surface area (Å²) in [7, 11) is 0. The molecule has 6 heteroatoms. The van der Waals surface area contributed by atoms with E-state index in [1.165, 1.54) is 0 Å². The Morgan fingerprint density at radius 1 is 1.00 bits per heavy atom. The third-order valence-corrected chi connectivity index (χ3v) is 3.60. The molecule has 0 atom stereocenters. The van der Waals surface area contributed by atoms with Crippen molar-refractivity contribution in [3.8, 4) is 17.3 Å². The predicted octanol–water partition coefficient (Wildman–Crippen LogP) is 3.18. The number of hydrogen-bond donors (Lipinski definition) is 2. The summed E-state index contributed by atoms with van der Waals surface area (Å²) in [5.74, 6) is 1.79. The van der Waals surface area contributed by atoms with Crippen molar-refractivity contribution in [3.05, 3.63) is 52.7 Å². The Kier molecular flexibility index (Phi) is 2.45. The maximum atomic E-state index is 12.3. The summed E-state index contributed by atoms with van der Waals surface area (Å²) in [5, 5.41) is 10.2. The van der Waals surface area contributed by atoms with Gasteiger partial charge in [-0.25, -0.2) is 4.99 Å². The molecule has 0 fully saturated rings. The number of carbonyl (C=O) groups is 1. The molecular formula is C16H12N2O4. The van der Waals surface area contributed by atoms with Gasteiger partial charge in [-0.1, -0.05) is 0 Å². The number of aryl methyl sites for hydroxylation is 2. The molecule has 110 valence electrons. The highest BCUT2D eigenvalue weighted by Gasteiger charge is 2.35. The van der Waals surface area contributed by atoms with E-state index in [4.69, 9.17) is 8.83 Å². The number of hydrogen-bond acceptors (Lipinski definition) is 4. The number of amides is 1. The standard InChI is InChI=1S/C16H12N2O4/c1-7-3-5-9(21-7)13-11-12(16(20)17-13)14(18-15(11)19)10-6-4-8(2)22-10/h3-6,17,20H,1-2H3. The van der Waals surface area contributed by atoms with Crippen LogP contribution in [0.3, 0.4) is 0 Å². The number of nitrogens with one attached hydrogen (secondary N) is 1. The molecule has 6 nitrogen and oxygen atoms in total. The quantitative estimate of drug-likeness (QED) is 0.759. The molecule has 1 amide bonds. The van der Waals surface area contributed by atoms with Crippen LogP contribution in [-0.2, 0) is 0 Å². The van der Waals surface area contributed by atoms with Crippen LogP contribution < -0.4 is 0 Å². The fourth-order valence-electron chi connectivity index (χ4n) is 2.64. The van der Waals surface area contributed by atoms with E-state index >= 15 is 0 Å².